The van der Waals surface area contributed by atoms with E-state index in [9.17, 15) is 14.7 Å². The van der Waals surface area contributed by atoms with Crippen molar-refractivity contribution < 1.29 is 24.2 Å². The number of carboxylic acids is 1. The molecule has 2 bridgehead atoms. The van der Waals surface area contributed by atoms with Crippen LogP contribution in [0.2, 0.25) is 0 Å². The van der Waals surface area contributed by atoms with Gasteiger partial charge in [-0.05, 0) is 104 Å². The number of carboxylic acid groups (broad SMARTS) is 1. The van der Waals surface area contributed by atoms with Gasteiger partial charge in [-0.1, -0.05) is 74.0 Å². The zero-order valence-corrected chi connectivity index (χ0v) is 34.4. The van der Waals surface area contributed by atoms with Gasteiger partial charge in [0.2, 0.25) is 5.82 Å². The Bertz CT molecular complexity index is 1610. The Labute approximate surface area is 318 Å². The van der Waals surface area contributed by atoms with E-state index in [1.807, 2.05) is 9.58 Å². The Kier molecular flexibility index (Phi) is 9.66. The molecule has 10 heteroatoms. The second-order valence-electron chi connectivity index (χ2n) is 20.6. The molecule has 1 unspecified atom stereocenters. The summed E-state index contributed by atoms with van der Waals surface area (Å²) in [6, 6.07) is -0.176. The van der Waals surface area contributed by atoms with E-state index in [-0.39, 0.29) is 62.8 Å². The van der Waals surface area contributed by atoms with Crippen LogP contribution in [0.1, 0.15) is 137 Å². The molecule has 0 spiro atoms. The lowest BCUT2D eigenvalue weighted by Gasteiger charge is -2.71. The van der Waals surface area contributed by atoms with Crippen molar-refractivity contribution in [3.8, 4) is 0 Å². The zero-order valence-electron chi connectivity index (χ0n) is 34.4. The smallest absolute Gasteiger partial charge is 0.307 e. The van der Waals surface area contributed by atoms with Gasteiger partial charge in [0.25, 0.3) is 5.91 Å². The van der Waals surface area contributed by atoms with Crippen LogP contribution in [0.25, 0.3) is 0 Å². The van der Waals surface area contributed by atoms with E-state index >= 15 is 0 Å². The van der Waals surface area contributed by atoms with Crippen LogP contribution in [0, 0.1) is 62.6 Å². The van der Waals surface area contributed by atoms with Gasteiger partial charge < -0.3 is 25.2 Å². The van der Waals surface area contributed by atoms with Crippen LogP contribution in [-0.2, 0) is 14.3 Å². The molecule has 0 radical (unpaired) electrons. The quantitative estimate of drug-likeness (QED) is 0.251. The third-order valence-corrected chi connectivity index (χ3v) is 17.4. The zero-order chi connectivity index (χ0) is 38.5. The van der Waals surface area contributed by atoms with Crippen LogP contribution >= 0.6 is 0 Å². The summed E-state index contributed by atoms with van der Waals surface area (Å²) >= 11 is 0. The second kappa shape index (κ2) is 13.1. The van der Waals surface area contributed by atoms with Crippen molar-refractivity contribution in [3.05, 3.63) is 23.8 Å². The van der Waals surface area contributed by atoms with Gasteiger partial charge in [0, 0.05) is 29.5 Å². The predicted octanol–water partition coefficient (Wildman–Crippen LogP) is 7.40. The van der Waals surface area contributed by atoms with Crippen LogP contribution in [-0.4, -0.2) is 81.2 Å². The number of rotatable bonds is 9. The number of nitrogens with two attached hydrogens (primary N) is 1. The molecule has 3 N–H and O–H groups in total. The van der Waals surface area contributed by atoms with Gasteiger partial charge >= 0.3 is 5.97 Å². The third kappa shape index (κ3) is 5.63. The summed E-state index contributed by atoms with van der Waals surface area (Å²) in [7, 11) is 0. The first-order chi connectivity index (χ1) is 24.8. The van der Waals surface area contributed by atoms with Crippen LogP contribution in [0.5, 0.6) is 0 Å². The fourth-order valence-electron chi connectivity index (χ4n) is 13.2. The molecular formula is C43H69N5O5. The first kappa shape index (κ1) is 39.0. The molecule has 1 aromatic rings. The van der Waals surface area contributed by atoms with Gasteiger partial charge in [-0.25, -0.2) is 9.67 Å². The second-order valence-corrected chi connectivity index (χ2v) is 20.6. The number of ether oxygens (including phenoxy) is 2. The molecular weight excluding hydrogens is 667 g/mol. The van der Waals surface area contributed by atoms with E-state index in [4.69, 9.17) is 20.3 Å². The van der Waals surface area contributed by atoms with Crippen molar-refractivity contribution in [2.45, 2.75) is 138 Å². The monoisotopic (exact) mass is 736 g/mol. The van der Waals surface area contributed by atoms with Crippen molar-refractivity contribution in [1.82, 2.24) is 19.7 Å². The molecule has 1 aromatic heterocycles. The fraction of sp³-hybridized carbons (Fsp3) is 0.860. The van der Waals surface area contributed by atoms with Gasteiger partial charge in [-0.3, -0.25) is 9.59 Å². The van der Waals surface area contributed by atoms with Gasteiger partial charge in [0.1, 0.15) is 6.33 Å². The van der Waals surface area contributed by atoms with Crippen molar-refractivity contribution >= 4 is 11.9 Å². The molecule has 12 atom stereocenters. The van der Waals surface area contributed by atoms with Crippen LogP contribution in [0.15, 0.2) is 18.0 Å². The number of fused-ring (bicyclic) bond motifs is 3. The van der Waals surface area contributed by atoms with Crippen molar-refractivity contribution in [2.24, 2.45) is 68.3 Å². The Morgan fingerprint density at radius 1 is 1.06 bits per heavy atom. The Hall–Kier alpha value is -2.30. The highest BCUT2D eigenvalue weighted by atomic mass is 16.5. The molecule has 1 amide bonds. The van der Waals surface area contributed by atoms with E-state index in [1.165, 1.54) is 5.57 Å². The minimum atomic E-state index is -0.637. The fourth-order valence-corrected chi connectivity index (χ4v) is 13.2. The predicted molar refractivity (Wildman–Crippen MR) is 205 cm³/mol. The Morgan fingerprint density at radius 3 is 2.40 bits per heavy atom. The number of aromatic nitrogens is 3. The maximum Gasteiger partial charge on any atom is 0.307 e. The number of carbonyl (C=O) groups excluding carboxylic acids is 1. The molecule has 2 saturated heterocycles. The molecule has 296 valence electrons. The molecule has 10 nitrogen and oxygen atoms in total. The summed E-state index contributed by atoms with van der Waals surface area (Å²) in [5.74, 6) is 0.600. The highest BCUT2D eigenvalue weighted by molar-refractivity contribution is 5.90. The van der Waals surface area contributed by atoms with Crippen molar-refractivity contribution in [3.63, 3.8) is 0 Å². The summed E-state index contributed by atoms with van der Waals surface area (Å²) in [5, 5.41) is 16.1. The van der Waals surface area contributed by atoms with Crippen molar-refractivity contribution in [1.29, 1.82) is 0 Å². The number of amides is 1. The van der Waals surface area contributed by atoms with Gasteiger partial charge in [-0.15, -0.1) is 5.10 Å². The topological polar surface area (TPSA) is 133 Å². The summed E-state index contributed by atoms with van der Waals surface area (Å²) in [6.07, 6.45) is 11.6. The van der Waals surface area contributed by atoms with E-state index in [1.54, 1.807) is 6.33 Å². The molecule has 53 heavy (non-hydrogen) atoms. The SMILES string of the molecule is CC(C)[C@@H](C)[C@@]1(C)CC[C@]2(C)[C@H]3CC[C@@H]4C5(COC[C@]4(C)[C@@H](OC[C@](C)(N)C(C)C)[C@H](n4cnc(C(=O)N6CCCC6)n4)C5)C3=CC[C@@]2(C)[C@@H]1C(=O)O. The number of nitrogens with zero attached hydrogens (tertiary/aromatic N) is 4. The number of aliphatic carboxylic acids is 1. The molecule has 4 aliphatic carbocycles. The summed E-state index contributed by atoms with van der Waals surface area (Å²) in [5.41, 5.74) is 6.37. The largest absolute Gasteiger partial charge is 0.481 e. The van der Waals surface area contributed by atoms with E-state index in [0.717, 1.165) is 64.5 Å². The molecule has 5 fully saturated rings. The molecule has 0 aromatic carbocycles. The van der Waals surface area contributed by atoms with Crippen molar-refractivity contribution in [2.75, 3.05) is 32.9 Å². The number of carbonyl (C=O) groups is 2. The Balaban J connectivity index is 1.31. The van der Waals surface area contributed by atoms with E-state index in [0.29, 0.717) is 37.6 Å². The summed E-state index contributed by atoms with van der Waals surface area (Å²) < 4.78 is 15.8. The normalized spacial score (nSPS) is 42.7. The molecule has 6 aliphatic rings. The van der Waals surface area contributed by atoms with E-state index < -0.39 is 17.4 Å². The lowest BCUT2D eigenvalue weighted by molar-refractivity contribution is -0.252. The average Bonchev–Trinajstić information content (AvgIpc) is 3.81. The number of hydrogen-bond acceptors (Lipinski definition) is 7. The summed E-state index contributed by atoms with van der Waals surface area (Å²) in [4.78, 5) is 33.5. The molecule has 2 aliphatic heterocycles. The minimum absolute atomic E-state index is 0.0985. The third-order valence-electron chi connectivity index (χ3n) is 17.4. The minimum Gasteiger partial charge on any atom is -0.481 e. The maximum absolute atomic E-state index is 13.5. The van der Waals surface area contributed by atoms with Crippen LogP contribution in [0.3, 0.4) is 0 Å². The number of allylic oxidation sites excluding steroid dienone is 1. The first-order valence-electron chi connectivity index (χ1n) is 20.9. The van der Waals surface area contributed by atoms with E-state index in [2.05, 4.69) is 80.3 Å². The van der Waals surface area contributed by atoms with Gasteiger partial charge in [-0.2, -0.15) is 0 Å². The van der Waals surface area contributed by atoms with Crippen LogP contribution in [0.4, 0.5) is 0 Å². The van der Waals surface area contributed by atoms with Gasteiger partial charge in [0.05, 0.1) is 37.9 Å². The van der Waals surface area contributed by atoms with Crippen LogP contribution < -0.4 is 5.73 Å². The standard InChI is InChI=1S/C43H69N5O5/c1-26(2)28(5)38(6)17-18-40(8)29-13-14-32-39(7)22-52-24-43(32,30(29)15-16-41(40,9)33(38)37(50)51)21-31(34(39)53-23-42(10,44)27(3)4)48-25-45-35(46-48)36(49)47-19-11-12-20-47/h15,25-29,31-34H,11-14,16-24,44H2,1-10H3,(H,50,51)/t28-,29+,31-,32+,33-,34+,38-,39+,40-,41+,42+,43?/m1/s1. The first-order valence-corrected chi connectivity index (χ1v) is 20.9. The molecule has 7 rings (SSSR count). The number of hydrogen-bond donors (Lipinski definition) is 2. The molecule has 3 saturated carbocycles. The lowest BCUT2D eigenvalue weighted by atomic mass is 9.34. The lowest BCUT2D eigenvalue weighted by Crippen LogP contribution is -2.69. The average molecular weight is 736 g/mol. The Morgan fingerprint density at radius 2 is 1.75 bits per heavy atom. The number of likely N-dealkylation sites (tertiary alicyclic amines) is 1. The molecule has 3 heterocycles. The highest BCUT2D eigenvalue weighted by Gasteiger charge is 2.72. The van der Waals surface area contributed by atoms with Gasteiger partial charge in [0.15, 0.2) is 0 Å². The maximum atomic E-state index is 13.5. The summed E-state index contributed by atoms with van der Waals surface area (Å²) in [6.45, 7) is 25.6. The highest BCUT2D eigenvalue weighted by Crippen LogP contribution is 2.75.